The van der Waals surface area contributed by atoms with Crippen molar-refractivity contribution in [3.05, 3.63) is 0 Å². The molecule has 0 aromatic rings. The maximum atomic E-state index is 10.2. The first-order chi connectivity index (χ1) is 4.63. The van der Waals surface area contributed by atoms with Crippen LogP contribution in [0.15, 0.2) is 0 Å². The Morgan fingerprint density at radius 2 is 1.91 bits per heavy atom. The third-order valence-electron chi connectivity index (χ3n) is 1.38. The number of rotatable bonds is 3. The van der Waals surface area contributed by atoms with Crippen molar-refractivity contribution in [1.29, 1.82) is 0 Å². The number of nitrogens with zero attached hydrogens (tertiary/aromatic N) is 1. The normalized spacial score (nSPS) is 20.9. The lowest BCUT2D eigenvalue weighted by Gasteiger charge is -2.33. The number of hydrogen-bond acceptors (Lipinski definition) is 3. The van der Waals surface area contributed by atoms with Gasteiger partial charge in [0.25, 0.3) is 7.82 Å². The van der Waals surface area contributed by atoms with Crippen LogP contribution < -0.4 is 4.89 Å². The molecule has 0 rings (SSSR count). The SMILES string of the molecule is CC(OP(=O)([O-])O)[N+](C)(C)C. The van der Waals surface area contributed by atoms with Gasteiger partial charge < -0.3 is 14.3 Å². The molecule has 68 valence electrons. The van der Waals surface area contributed by atoms with Gasteiger partial charge in [0.1, 0.15) is 0 Å². The van der Waals surface area contributed by atoms with Gasteiger partial charge in [0.05, 0.1) is 21.1 Å². The summed E-state index contributed by atoms with van der Waals surface area (Å²) in [6.45, 7) is 1.57. The monoisotopic (exact) mass is 183 g/mol. The zero-order valence-electron chi connectivity index (χ0n) is 7.14. The Labute approximate surface area is 66.4 Å². The smallest absolute Gasteiger partial charge is 0.269 e. The molecule has 0 saturated heterocycles. The van der Waals surface area contributed by atoms with Gasteiger partial charge in [0, 0.05) is 6.92 Å². The van der Waals surface area contributed by atoms with Crippen LogP contribution in [0.1, 0.15) is 6.92 Å². The highest BCUT2D eigenvalue weighted by molar-refractivity contribution is 7.44. The van der Waals surface area contributed by atoms with Gasteiger partial charge in [-0.1, -0.05) is 0 Å². The Morgan fingerprint density at radius 3 is 2.00 bits per heavy atom. The molecule has 0 heterocycles. The van der Waals surface area contributed by atoms with Crippen molar-refractivity contribution < 1.29 is 23.4 Å². The zero-order chi connectivity index (χ0) is 9.28. The fourth-order valence-electron chi connectivity index (χ4n) is 0.334. The summed E-state index contributed by atoms with van der Waals surface area (Å²) in [5.74, 6) is 0. The highest BCUT2D eigenvalue weighted by Crippen LogP contribution is 2.33. The minimum Gasteiger partial charge on any atom is -0.756 e. The zero-order valence-corrected chi connectivity index (χ0v) is 8.04. The Kier molecular flexibility index (Phi) is 3.23. The topological polar surface area (TPSA) is 69.6 Å². The average molecular weight is 183 g/mol. The van der Waals surface area contributed by atoms with Crippen molar-refractivity contribution in [1.82, 2.24) is 0 Å². The molecule has 0 aliphatic heterocycles. The quantitative estimate of drug-likeness (QED) is 0.364. The fourth-order valence-corrected chi connectivity index (χ4v) is 1.00. The maximum Gasteiger partial charge on any atom is 0.269 e. The molecule has 2 atom stereocenters. The summed E-state index contributed by atoms with van der Waals surface area (Å²) in [5.41, 5.74) is 0. The third kappa shape index (κ3) is 5.35. The third-order valence-corrected chi connectivity index (χ3v) is 1.95. The van der Waals surface area contributed by atoms with E-state index in [9.17, 15) is 9.46 Å². The largest absolute Gasteiger partial charge is 0.756 e. The first-order valence-electron chi connectivity index (χ1n) is 3.16. The number of phosphoric acid groups is 1. The molecule has 1 N–H and O–H groups in total. The molecule has 0 aromatic heterocycles. The lowest BCUT2D eigenvalue weighted by molar-refractivity contribution is -0.913. The number of quaternary nitrogens is 1. The summed E-state index contributed by atoms with van der Waals surface area (Å²) in [6, 6.07) is 0. The van der Waals surface area contributed by atoms with Crippen molar-refractivity contribution in [2.24, 2.45) is 0 Å². The highest BCUT2D eigenvalue weighted by Gasteiger charge is 2.22. The van der Waals surface area contributed by atoms with E-state index in [1.807, 2.05) is 0 Å². The Balaban J connectivity index is 4.10. The van der Waals surface area contributed by atoms with Gasteiger partial charge in [-0.3, -0.25) is 9.09 Å². The molecule has 0 saturated carbocycles. The second-order valence-corrected chi connectivity index (χ2v) is 4.44. The van der Waals surface area contributed by atoms with E-state index < -0.39 is 14.1 Å². The summed E-state index contributed by atoms with van der Waals surface area (Å²) in [7, 11) is 0.709. The van der Waals surface area contributed by atoms with Crippen molar-refractivity contribution >= 4 is 7.82 Å². The Bertz CT molecular complexity index is 170. The van der Waals surface area contributed by atoms with Crippen LogP contribution in [0.5, 0.6) is 0 Å². The second kappa shape index (κ2) is 3.21. The molecule has 0 radical (unpaired) electrons. The second-order valence-electron chi connectivity index (χ2n) is 3.29. The molecule has 2 unspecified atom stereocenters. The average Bonchev–Trinajstić information content (AvgIpc) is 1.56. The molecule has 6 heteroatoms. The van der Waals surface area contributed by atoms with Crippen molar-refractivity contribution in [3.63, 3.8) is 0 Å². The van der Waals surface area contributed by atoms with E-state index in [1.54, 1.807) is 28.1 Å². The molecule has 0 spiro atoms. The van der Waals surface area contributed by atoms with E-state index in [0.717, 1.165) is 0 Å². The molecular formula is C5H14NO4P. The van der Waals surface area contributed by atoms with Gasteiger partial charge in [-0.15, -0.1) is 0 Å². The molecule has 0 aliphatic rings. The minimum atomic E-state index is -4.58. The highest BCUT2D eigenvalue weighted by atomic mass is 31.2. The van der Waals surface area contributed by atoms with Crippen LogP contribution in [0, 0.1) is 0 Å². The Morgan fingerprint density at radius 1 is 1.55 bits per heavy atom. The van der Waals surface area contributed by atoms with E-state index in [1.165, 1.54) is 0 Å². The van der Waals surface area contributed by atoms with E-state index in [4.69, 9.17) is 4.89 Å². The molecule has 0 aromatic carbocycles. The number of hydrogen-bond donors (Lipinski definition) is 1. The summed E-state index contributed by atoms with van der Waals surface area (Å²) < 4.78 is 14.9. The van der Waals surface area contributed by atoms with E-state index in [0.29, 0.717) is 4.48 Å². The predicted octanol–water partition coefficient (Wildman–Crippen LogP) is -0.484. The van der Waals surface area contributed by atoms with Crippen LogP contribution in [0.25, 0.3) is 0 Å². The molecule has 5 nitrogen and oxygen atoms in total. The standard InChI is InChI=1S/C5H14NO4P/c1-5(6(2,3)4)10-11(7,8)9/h5H,1-4H3,(H-,7,8,9). The van der Waals surface area contributed by atoms with Gasteiger partial charge >= 0.3 is 0 Å². The lowest BCUT2D eigenvalue weighted by Crippen LogP contribution is -2.44. The van der Waals surface area contributed by atoms with Crippen LogP contribution in [0.4, 0.5) is 0 Å². The van der Waals surface area contributed by atoms with Crippen molar-refractivity contribution in [3.8, 4) is 0 Å². The van der Waals surface area contributed by atoms with E-state index in [-0.39, 0.29) is 0 Å². The van der Waals surface area contributed by atoms with Crippen molar-refractivity contribution in [2.75, 3.05) is 21.1 Å². The molecule has 0 bridgehead atoms. The van der Waals surface area contributed by atoms with Gasteiger partial charge in [-0.25, -0.2) is 0 Å². The van der Waals surface area contributed by atoms with Crippen LogP contribution in [0.3, 0.4) is 0 Å². The Hall–Kier alpha value is 0.0700. The first kappa shape index (κ1) is 11.1. The van der Waals surface area contributed by atoms with E-state index in [2.05, 4.69) is 4.52 Å². The molecule has 11 heavy (non-hydrogen) atoms. The predicted molar refractivity (Wildman–Crippen MR) is 38.4 cm³/mol. The summed E-state index contributed by atoms with van der Waals surface area (Å²) in [6.07, 6.45) is -0.580. The number of phosphoric ester groups is 1. The lowest BCUT2D eigenvalue weighted by atomic mass is 10.5. The van der Waals surface area contributed by atoms with Gasteiger partial charge in [0.15, 0.2) is 6.23 Å². The molecule has 0 aliphatic carbocycles. The fraction of sp³-hybridized carbons (Fsp3) is 1.00. The molecule has 0 amide bonds. The molecule has 0 fully saturated rings. The van der Waals surface area contributed by atoms with Crippen LogP contribution in [-0.2, 0) is 9.09 Å². The van der Waals surface area contributed by atoms with Gasteiger partial charge in [-0.05, 0) is 0 Å². The summed E-state index contributed by atoms with van der Waals surface area (Å²) in [5, 5.41) is 0. The van der Waals surface area contributed by atoms with Crippen LogP contribution in [0.2, 0.25) is 0 Å². The summed E-state index contributed by atoms with van der Waals surface area (Å²) >= 11 is 0. The van der Waals surface area contributed by atoms with Gasteiger partial charge in [0.2, 0.25) is 0 Å². The molecular weight excluding hydrogens is 169 g/mol. The summed E-state index contributed by atoms with van der Waals surface area (Å²) in [4.78, 5) is 18.6. The van der Waals surface area contributed by atoms with E-state index >= 15 is 0 Å². The van der Waals surface area contributed by atoms with Crippen LogP contribution >= 0.6 is 7.82 Å². The maximum absolute atomic E-state index is 10.2. The van der Waals surface area contributed by atoms with Crippen molar-refractivity contribution in [2.45, 2.75) is 13.2 Å². The first-order valence-corrected chi connectivity index (χ1v) is 4.66. The van der Waals surface area contributed by atoms with Crippen LogP contribution in [-0.4, -0.2) is 36.7 Å². The van der Waals surface area contributed by atoms with Gasteiger partial charge in [-0.2, -0.15) is 0 Å². The minimum absolute atomic E-state index is 0.312.